The van der Waals surface area contributed by atoms with Crippen LogP contribution in [0.3, 0.4) is 0 Å². The van der Waals surface area contributed by atoms with Gasteiger partial charge in [-0.05, 0) is 29.8 Å². The van der Waals surface area contributed by atoms with Crippen molar-refractivity contribution >= 4 is 17.3 Å². The molecule has 38 heavy (non-hydrogen) atoms. The van der Waals surface area contributed by atoms with E-state index >= 15 is 0 Å². The maximum absolute atomic E-state index is 14.1. The number of pyridine rings is 1. The number of carbonyl (C=O) groups excluding carboxylic acids is 1. The highest BCUT2D eigenvalue weighted by Gasteiger charge is 2.48. The van der Waals surface area contributed by atoms with Crippen LogP contribution in [-0.2, 0) is 19.6 Å². The van der Waals surface area contributed by atoms with Crippen LogP contribution in [0.25, 0.3) is 5.82 Å². The SMILES string of the molecule is Cn1nnc2c1CCN(C(c1ccc(Nc3cnn(-c4ccccn4)c3C(F)(F)F)cc1)C(F)(F)F)C2=O. The second-order valence-corrected chi connectivity index (χ2v) is 8.45. The number of aryl methyl sites for hydroxylation is 1. The Bertz CT molecular complexity index is 1460. The molecule has 1 aliphatic rings. The molecule has 0 bridgehead atoms. The van der Waals surface area contributed by atoms with Gasteiger partial charge < -0.3 is 10.2 Å². The number of fused-ring (bicyclic) bond motifs is 1. The Morgan fingerprint density at radius 2 is 1.76 bits per heavy atom. The monoisotopic (exact) mass is 536 g/mol. The molecule has 9 nitrogen and oxygen atoms in total. The molecule has 3 aromatic heterocycles. The van der Waals surface area contributed by atoms with Gasteiger partial charge in [0, 0.05) is 31.9 Å². The number of hydrogen-bond donors (Lipinski definition) is 1. The van der Waals surface area contributed by atoms with Gasteiger partial charge >= 0.3 is 12.4 Å². The fourth-order valence-electron chi connectivity index (χ4n) is 4.35. The van der Waals surface area contributed by atoms with Crippen LogP contribution in [0.5, 0.6) is 0 Å². The van der Waals surface area contributed by atoms with E-state index in [9.17, 15) is 31.1 Å². The zero-order valence-electron chi connectivity index (χ0n) is 19.5. The first kappa shape index (κ1) is 25.2. The number of aromatic nitrogens is 6. The molecule has 5 rings (SSSR count). The Balaban J connectivity index is 1.44. The van der Waals surface area contributed by atoms with E-state index in [1.807, 2.05) is 0 Å². The highest BCUT2D eigenvalue weighted by Crippen LogP contribution is 2.41. The lowest BCUT2D eigenvalue weighted by atomic mass is 10.0. The lowest BCUT2D eigenvalue weighted by Crippen LogP contribution is -2.46. The first-order valence-corrected chi connectivity index (χ1v) is 11.1. The minimum absolute atomic E-state index is 0.0614. The molecule has 1 unspecified atom stereocenters. The van der Waals surface area contributed by atoms with E-state index in [1.54, 1.807) is 13.1 Å². The van der Waals surface area contributed by atoms with Crippen LogP contribution < -0.4 is 5.32 Å². The van der Waals surface area contributed by atoms with Crippen molar-refractivity contribution in [2.45, 2.75) is 24.8 Å². The van der Waals surface area contributed by atoms with Gasteiger partial charge in [0.05, 0.1) is 17.6 Å². The van der Waals surface area contributed by atoms with Gasteiger partial charge in [0.1, 0.15) is 0 Å². The van der Waals surface area contributed by atoms with E-state index in [2.05, 4.69) is 25.7 Å². The quantitative estimate of drug-likeness (QED) is 0.379. The van der Waals surface area contributed by atoms with Crippen molar-refractivity contribution in [1.29, 1.82) is 0 Å². The van der Waals surface area contributed by atoms with Crippen LogP contribution in [0.2, 0.25) is 0 Å². The third-order valence-electron chi connectivity index (χ3n) is 6.03. The van der Waals surface area contributed by atoms with E-state index in [4.69, 9.17) is 0 Å². The van der Waals surface area contributed by atoms with Crippen LogP contribution in [0, 0.1) is 0 Å². The summed E-state index contributed by atoms with van der Waals surface area (Å²) in [6.07, 6.45) is -7.23. The average molecular weight is 536 g/mol. The summed E-state index contributed by atoms with van der Waals surface area (Å²) in [5, 5.41) is 13.8. The molecule has 198 valence electrons. The van der Waals surface area contributed by atoms with E-state index < -0.39 is 35.7 Å². The molecule has 4 aromatic rings. The number of alkyl halides is 6. The molecule has 1 aliphatic heterocycles. The largest absolute Gasteiger partial charge is 0.435 e. The highest BCUT2D eigenvalue weighted by molar-refractivity contribution is 5.94. The average Bonchev–Trinajstić information content (AvgIpc) is 3.46. The molecule has 0 radical (unpaired) electrons. The minimum atomic E-state index is -4.82. The second kappa shape index (κ2) is 9.15. The predicted octanol–water partition coefficient (Wildman–Crippen LogP) is 4.46. The zero-order valence-corrected chi connectivity index (χ0v) is 19.5. The molecule has 1 amide bonds. The van der Waals surface area contributed by atoms with Crippen molar-refractivity contribution in [3.05, 3.63) is 77.5 Å². The number of carbonyl (C=O) groups is 1. The van der Waals surface area contributed by atoms with Crippen molar-refractivity contribution in [1.82, 2.24) is 34.7 Å². The fraction of sp³-hybridized carbons (Fsp3) is 0.261. The predicted molar refractivity (Wildman–Crippen MR) is 121 cm³/mol. The van der Waals surface area contributed by atoms with Crippen LogP contribution >= 0.6 is 0 Å². The number of halogens is 6. The van der Waals surface area contributed by atoms with Crippen LogP contribution in [-0.4, -0.2) is 53.3 Å². The lowest BCUT2D eigenvalue weighted by Gasteiger charge is -2.35. The third-order valence-corrected chi connectivity index (χ3v) is 6.03. The molecule has 1 N–H and O–H groups in total. The van der Waals surface area contributed by atoms with Gasteiger partial charge in [-0.15, -0.1) is 5.10 Å². The van der Waals surface area contributed by atoms with Gasteiger partial charge in [-0.3, -0.25) is 9.48 Å². The minimum Gasteiger partial charge on any atom is -0.352 e. The topological polar surface area (TPSA) is 93.8 Å². The van der Waals surface area contributed by atoms with Gasteiger partial charge in [0.25, 0.3) is 5.91 Å². The van der Waals surface area contributed by atoms with Crippen molar-refractivity contribution in [3.63, 3.8) is 0 Å². The first-order chi connectivity index (χ1) is 17.9. The molecular formula is C23H18F6N8O. The van der Waals surface area contributed by atoms with Crippen molar-refractivity contribution in [2.24, 2.45) is 7.05 Å². The summed E-state index contributed by atoms with van der Waals surface area (Å²) >= 11 is 0. The number of nitrogens with one attached hydrogen (secondary N) is 1. The molecule has 0 saturated carbocycles. The van der Waals surface area contributed by atoms with Crippen molar-refractivity contribution < 1.29 is 31.1 Å². The van der Waals surface area contributed by atoms with E-state index in [0.717, 1.165) is 18.3 Å². The number of benzene rings is 1. The van der Waals surface area contributed by atoms with E-state index in [1.165, 1.54) is 35.1 Å². The number of rotatable bonds is 5. The Morgan fingerprint density at radius 3 is 2.39 bits per heavy atom. The van der Waals surface area contributed by atoms with Crippen LogP contribution in [0.15, 0.2) is 54.9 Å². The van der Waals surface area contributed by atoms with Crippen molar-refractivity contribution in [2.75, 3.05) is 11.9 Å². The lowest BCUT2D eigenvalue weighted by molar-refractivity contribution is -0.179. The van der Waals surface area contributed by atoms with Crippen LogP contribution in [0.1, 0.15) is 33.5 Å². The Hall–Kier alpha value is -4.43. The van der Waals surface area contributed by atoms with Gasteiger partial charge in [-0.1, -0.05) is 23.4 Å². The second-order valence-electron chi connectivity index (χ2n) is 8.45. The molecule has 1 atom stereocenters. The highest BCUT2D eigenvalue weighted by atomic mass is 19.4. The maximum Gasteiger partial charge on any atom is 0.435 e. The van der Waals surface area contributed by atoms with E-state index in [0.29, 0.717) is 15.3 Å². The van der Waals surface area contributed by atoms with Gasteiger partial charge in [-0.2, -0.15) is 31.4 Å². The Morgan fingerprint density at radius 1 is 1.03 bits per heavy atom. The molecule has 1 aromatic carbocycles. The summed E-state index contributed by atoms with van der Waals surface area (Å²) in [6, 6.07) is 6.74. The first-order valence-electron chi connectivity index (χ1n) is 11.1. The summed E-state index contributed by atoms with van der Waals surface area (Å²) in [7, 11) is 1.55. The molecular weight excluding hydrogens is 518 g/mol. The summed E-state index contributed by atoms with van der Waals surface area (Å²) in [4.78, 5) is 17.4. The standard InChI is InChI=1S/C23H18F6N8O/c1-35-16-9-11-36(21(38)18(16)33-34-35)19(22(24,25)26)13-5-7-14(8-6-13)32-15-12-31-37(20(15)23(27,28)29)17-4-2-3-10-30-17/h2-8,10,12,19,32H,9,11H2,1H3. The summed E-state index contributed by atoms with van der Waals surface area (Å²) < 4.78 is 86.1. The molecule has 15 heteroatoms. The van der Waals surface area contributed by atoms with Gasteiger partial charge in [-0.25, -0.2) is 9.67 Å². The van der Waals surface area contributed by atoms with Crippen LogP contribution in [0.4, 0.5) is 37.7 Å². The number of hydrogen-bond acceptors (Lipinski definition) is 6. The molecule has 0 spiro atoms. The Kier molecular flexibility index (Phi) is 6.07. The van der Waals surface area contributed by atoms with Gasteiger partial charge in [0.15, 0.2) is 23.2 Å². The van der Waals surface area contributed by atoms with E-state index in [-0.39, 0.29) is 35.7 Å². The zero-order chi connectivity index (χ0) is 27.2. The summed E-state index contributed by atoms with van der Waals surface area (Å²) in [5.41, 5.74) is -1.42. The third kappa shape index (κ3) is 4.54. The summed E-state index contributed by atoms with van der Waals surface area (Å²) in [5.74, 6) is -0.964. The molecule has 0 saturated heterocycles. The number of anilines is 2. The Labute approximate surface area is 210 Å². The normalized spacial score (nSPS) is 14.9. The fourth-order valence-corrected chi connectivity index (χ4v) is 4.35. The number of nitrogens with zero attached hydrogens (tertiary/aromatic N) is 7. The molecule has 0 aliphatic carbocycles. The molecule has 4 heterocycles. The maximum atomic E-state index is 14.1. The molecule has 0 fully saturated rings. The number of amides is 1. The summed E-state index contributed by atoms with van der Waals surface area (Å²) in [6.45, 7) is -0.209. The van der Waals surface area contributed by atoms with Gasteiger partial charge in [0.2, 0.25) is 0 Å². The van der Waals surface area contributed by atoms with Crippen molar-refractivity contribution in [3.8, 4) is 5.82 Å². The smallest absolute Gasteiger partial charge is 0.352 e.